The lowest BCUT2D eigenvalue weighted by Gasteiger charge is -2.15. The molecule has 0 saturated carbocycles. The van der Waals surface area contributed by atoms with E-state index in [1.165, 1.54) is 10.5 Å². The number of pyridine rings is 1. The Labute approximate surface area is 146 Å². The van der Waals surface area contributed by atoms with E-state index >= 15 is 0 Å². The van der Waals surface area contributed by atoms with Gasteiger partial charge in [-0.1, -0.05) is 36.4 Å². The predicted octanol–water partition coefficient (Wildman–Crippen LogP) is 3.81. The third-order valence-electron chi connectivity index (χ3n) is 4.38. The average molecular weight is 354 g/mol. The Hall–Kier alpha value is -2.44. The molecule has 1 aromatic heterocycles. The molecule has 3 aromatic rings. The zero-order valence-corrected chi connectivity index (χ0v) is 14.4. The molecule has 1 aliphatic heterocycles. The van der Waals surface area contributed by atoms with E-state index in [-0.39, 0.29) is 4.90 Å². The molecule has 0 amide bonds. The van der Waals surface area contributed by atoms with Crippen molar-refractivity contribution in [2.75, 3.05) is 13.1 Å². The van der Waals surface area contributed by atoms with Crippen LogP contribution in [0.2, 0.25) is 0 Å². The molecule has 25 heavy (non-hydrogen) atoms. The van der Waals surface area contributed by atoms with Crippen LogP contribution >= 0.6 is 0 Å². The monoisotopic (exact) mass is 354 g/mol. The van der Waals surface area contributed by atoms with Crippen molar-refractivity contribution in [3.63, 3.8) is 0 Å². The molecule has 0 N–H and O–H groups in total. The Bertz CT molecular complexity index is 989. The van der Waals surface area contributed by atoms with Crippen LogP contribution in [0.25, 0.3) is 10.8 Å². The maximum Gasteiger partial charge on any atom is 0.244 e. The minimum absolute atomic E-state index is 0.208. The molecule has 128 valence electrons. The van der Waals surface area contributed by atoms with Crippen LogP contribution < -0.4 is 4.74 Å². The Morgan fingerprint density at radius 1 is 0.920 bits per heavy atom. The third-order valence-corrected chi connectivity index (χ3v) is 6.26. The van der Waals surface area contributed by atoms with Crippen LogP contribution in [0.15, 0.2) is 65.7 Å². The van der Waals surface area contributed by atoms with E-state index in [0.29, 0.717) is 24.7 Å². The minimum atomic E-state index is -3.45. The van der Waals surface area contributed by atoms with E-state index in [1.54, 1.807) is 12.1 Å². The summed E-state index contributed by atoms with van der Waals surface area (Å²) in [7, 11) is -3.45. The molecule has 0 aliphatic carbocycles. The summed E-state index contributed by atoms with van der Waals surface area (Å²) in [6.45, 7) is 1.16. The fraction of sp³-hybridized carbons (Fsp3) is 0.211. The predicted molar refractivity (Wildman–Crippen MR) is 96.3 cm³/mol. The highest BCUT2D eigenvalue weighted by atomic mass is 32.2. The van der Waals surface area contributed by atoms with Gasteiger partial charge in [0.25, 0.3) is 0 Å². The van der Waals surface area contributed by atoms with Crippen molar-refractivity contribution >= 4 is 20.8 Å². The van der Waals surface area contributed by atoms with E-state index in [2.05, 4.69) is 4.98 Å². The highest BCUT2D eigenvalue weighted by Gasteiger charge is 2.27. The van der Waals surface area contributed by atoms with Crippen molar-refractivity contribution < 1.29 is 13.2 Å². The number of aromatic nitrogens is 1. The summed E-state index contributed by atoms with van der Waals surface area (Å²) >= 11 is 0. The number of sulfonamides is 1. The topological polar surface area (TPSA) is 59.5 Å². The lowest BCUT2D eigenvalue weighted by atomic mass is 10.1. The molecule has 5 nitrogen and oxygen atoms in total. The maximum absolute atomic E-state index is 12.5. The van der Waals surface area contributed by atoms with Gasteiger partial charge in [0, 0.05) is 24.5 Å². The first kappa shape index (κ1) is 16.1. The third kappa shape index (κ3) is 3.10. The second kappa shape index (κ2) is 6.46. The lowest BCUT2D eigenvalue weighted by Crippen LogP contribution is -2.27. The number of nitrogens with zero attached hydrogens (tertiary/aromatic N) is 2. The molecule has 0 spiro atoms. The summed E-state index contributed by atoms with van der Waals surface area (Å²) in [6.07, 6.45) is 3.19. The van der Waals surface area contributed by atoms with Crippen LogP contribution in [-0.4, -0.2) is 30.8 Å². The van der Waals surface area contributed by atoms with Crippen molar-refractivity contribution in [1.82, 2.24) is 9.29 Å². The largest absolute Gasteiger partial charge is 0.438 e. The fourth-order valence-corrected chi connectivity index (χ4v) is 4.52. The summed E-state index contributed by atoms with van der Waals surface area (Å²) in [5.41, 5.74) is 0. The van der Waals surface area contributed by atoms with E-state index in [0.717, 1.165) is 23.6 Å². The van der Waals surface area contributed by atoms with Gasteiger partial charge in [-0.2, -0.15) is 4.31 Å². The van der Waals surface area contributed by atoms with Gasteiger partial charge in [0.05, 0.1) is 6.20 Å². The number of fused-ring (bicyclic) bond motifs is 1. The maximum atomic E-state index is 12.5. The standard InChI is InChI=1S/C19H18N2O3S/c22-25(23,21-12-3-4-13-21)16-10-11-19(20-14-16)24-18-9-5-7-15-6-1-2-8-17(15)18/h1-2,5-11,14H,3-4,12-13H2. The normalized spacial score (nSPS) is 15.5. The molecule has 0 bridgehead atoms. The van der Waals surface area contributed by atoms with Crippen molar-refractivity contribution in [1.29, 1.82) is 0 Å². The smallest absolute Gasteiger partial charge is 0.244 e. The molecule has 2 aromatic carbocycles. The molecule has 0 radical (unpaired) electrons. The molecule has 1 fully saturated rings. The van der Waals surface area contributed by atoms with E-state index in [4.69, 9.17) is 4.74 Å². The van der Waals surface area contributed by atoms with E-state index in [9.17, 15) is 8.42 Å². The van der Waals surface area contributed by atoms with Crippen LogP contribution in [0.1, 0.15) is 12.8 Å². The number of benzene rings is 2. The second-order valence-corrected chi connectivity index (χ2v) is 7.96. The average Bonchev–Trinajstić information content (AvgIpc) is 3.18. The summed E-state index contributed by atoms with van der Waals surface area (Å²) in [6, 6.07) is 16.9. The van der Waals surface area contributed by atoms with Crippen molar-refractivity contribution in [3.8, 4) is 11.6 Å². The zero-order chi connectivity index (χ0) is 17.3. The molecule has 0 unspecified atom stereocenters. The summed E-state index contributed by atoms with van der Waals surface area (Å²) < 4.78 is 32.4. The Morgan fingerprint density at radius 2 is 1.68 bits per heavy atom. The quantitative estimate of drug-likeness (QED) is 0.715. The van der Waals surface area contributed by atoms with Crippen molar-refractivity contribution in [2.24, 2.45) is 0 Å². The van der Waals surface area contributed by atoms with Crippen molar-refractivity contribution in [3.05, 3.63) is 60.8 Å². The van der Waals surface area contributed by atoms with Crippen LogP contribution in [0, 0.1) is 0 Å². The van der Waals surface area contributed by atoms with Gasteiger partial charge < -0.3 is 4.74 Å². The van der Waals surface area contributed by atoms with Gasteiger partial charge >= 0.3 is 0 Å². The Kier molecular flexibility index (Phi) is 4.15. The van der Waals surface area contributed by atoms with Gasteiger partial charge in [0.1, 0.15) is 10.6 Å². The number of hydrogen-bond acceptors (Lipinski definition) is 4. The number of hydrogen-bond donors (Lipinski definition) is 0. The second-order valence-electron chi connectivity index (χ2n) is 6.02. The fourth-order valence-electron chi connectivity index (χ4n) is 3.05. The first-order chi connectivity index (χ1) is 12.1. The van der Waals surface area contributed by atoms with E-state index < -0.39 is 10.0 Å². The molecular formula is C19H18N2O3S. The zero-order valence-electron chi connectivity index (χ0n) is 13.6. The molecule has 1 aliphatic rings. The van der Waals surface area contributed by atoms with Crippen LogP contribution in [-0.2, 0) is 10.0 Å². The first-order valence-corrected chi connectivity index (χ1v) is 9.70. The highest BCUT2D eigenvalue weighted by Crippen LogP contribution is 2.29. The summed E-state index contributed by atoms with van der Waals surface area (Å²) in [5, 5.41) is 2.06. The molecule has 2 heterocycles. The van der Waals surface area contributed by atoms with Crippen LogP contribution in [0.5, 0.6) is 11.6 Å². The van der Waals surface area contributed by atoms with Crippen molar-refractivity contribution in [2.45, 2.75) is 17.7 Å². The minimum Gasteiger partial charge on any atom is -0.438 e. The molecule has 4 rings (SSSR count). The van der Waals surface area contributed by atoms with Gasteiger partial charge in [-0.25, -0.2) is 13.4 Å². The highest BCUT2D eigenvalue weighted by molar-refractivity contribution is 7.89. The van der Waals surface area contributed by atoms with Gasteiger partial charge in [-0.15, -0.1) is 0 Å². The van der Waals surface area contributed by atoms with Gasteiger partial charge in [-0.3, -0.25) is 0 Å². The first-order valence-electron chi connectivity index (χ1n) is 8.26. The lowest BCUT2D eigenvalue weighted by molar-refractivity contribution is 0.464. The molecule has 0 atom stereocenters. The molecule has 6 heteroatoms. The molecule has 1 saturated heterocycles. The van der Waals surface area contributed by atoms with Gasteiger partial charge in [0.2, 0.25) is 15.9 Å². The van der Waals surface area contributed by atoms with Gasteiger partial charge in [0.15, 0.2) is 0 Å². The van der Waals surface area contributed by atoms with E-state index in [1.807, 2.05) is 42.5 Å². The Balaban J connectivity index is 1.60. The SMILES string of the molecule is O=S(=O)(c1ccc(Oc2cccc3ccccc23)nc1)N1CCCC1. The summed E-state index contributed by atoms with van der Waals surface area (Å²) in [4.78, 5) is 4.40. The number of ether oxygens (including phenoxy) is 1. The Morgan fingerprint density at radius 3 is 2.44 bits per heavy atom. The van der Waals surface area contributed by atoms with Crippen LogP contribution in [0.4, 0.5) is 0 Å². The molecular weight excluding hydrogens is 336 g/mol. The van der Waals surface area contributed by atoms with Crippen LogP contribution in [0.3, 0.4) is 0 Å². The summed E-state index contributed by atoms with van der Waals surface area (Å²) in [5.74, 6) is 1.07. The van der Waals surface area contributed by atoms with Gasteiger partial charge in [-0.05, 0) is 30.4 Å². The number of rotatable bonds is 4.